The van der Waals surface area contributed by atoms with E-state index in [1.807, 2.05) is 0 Å². The van der Waals surface area contributed by atoms with Crippen LogP contribution in [0.3, 0.4) is 0 Å². The van der Waals surface area contributed by atoms with E-state index in [4.69, 9.17) is 4.74 Å². The van der Waals surface area contributed by atoms with E-state index in [1.54, 1.807) is 7.11 Å². The van der Waals surface area contributed by atoms with E-state index < -0.39 is 0 Å². The van der Waals surface area contributed by atoms with Crippen LogP contribution in [0, 0.1) is 11.3 Å². The van der Waals surface area contributed by atoms with Crippen LogP contribution < -0.4 is 0 Å². The molecule has 0 bridgehead atoms. The molecule has 2 nitrogen and oxygen atoms in total. The first-order valence-corrected chi connectivity index (χ1v) is 7.02. The van der Waals surface area contributed by atoms with Gasteiger partial charge in [-0.2, -0.15) is 0 Å². The number of aliphatic hydroxyl groups excluding tert-OH is 1. The Hall–Kier alpha value is -0.0800. The Kier molecular flexibility index (Phi) is 5.03. The zero-order valence-corrected chi connectivity index (χ0v) is 12.3. The number of ether oxygens (including phenoxy) is 1. The average molecular weight is 242 g/mol. The van der Waals surface area contributed by atoms with Gasteiger partial charge in [-0.1, -0.05) is 40.5 Å². The van der Waals surface area contributed by atoms with Crippen LogP contribution >= 0.6 is 0 Å². The highest BCUT2D eigenvalue weighted by Gasteiger charge is 2.41. The molecule has 1 rings (SSSR count). The summed E-state index contributed by atoms with van der Waals surface area (Å²) in [4.78, 5) is 0. The van der Waals surface area contributed by atoms with Gasteiger partial charge in [-0.3, -0.25) is 0 Å². The van der Waals surface area contributed by atoms with E-state index in [0.29, 0.717) is 5.92 Å². The van der Waals surface area contributed by atoms with E-state index in [2.05, 4.69) is 27.7 Å². The fourth-order valence-electron chi connectivity index (χ4n) is 3.00. The molecule has 17 heavy (non-hydrogen) atoms. The standard InChI is InChI=1S/C15H30O2/c1-12-7-6-9-15(11-12,17-5)13(16)8-10-14(2,3)4/h12-13,16H,6-11H2,1-5H3. The Balaban J connectivity index is 2.59. The maximum atomic E-state index is 10.5. The molecular weight excluding hydrogens is 212 g/mol. The number of aliphatic hydroxyl groups is 1. The molecule has 3 atom stereocenters. The highest BCUT2D eigenvalue weighted by Crippen LogP contribution is 2.39. The molecule has 2 heteroatoms. The zero-order chi connectivity index (χ0) is 13.1. The minimum Gasteiger partial charge on any atom is -0.390 e. The predicted molar refractivity (Wildman–Crippen MR) is 72.1 cm³/mol. The van der Waals surface area contributed by atoms with Crippen molar-refractivity contribution in [1.82, 2.24) is 0 Å². The molecular formula is C15H30O2. The van der Waals surface area contributed by atoms with Crippen molar-refractivity contribution in [3.05, 3.63) is 0 Å². The van der Waals surface area contributed by atoms with Crippen LogP contribution in [0.25, 0.3) is 0 Å². The molecule has 0 amide bonds. The van der Waals surface area contributed by atoms with Gasteiger partial charge in [-0.15, -0.1) is 0 Å². The van der Waals surface area contributed by atoms with Crippen molar-refractivity contribution < 1.29 is 9.84 Å². The first kappa shape index (κ1) is 15.0. The van der Waals surface area contributed by atoms with Crippen LogP contribution in [0.4, 0.5) is 0 Å². The summed E-state index contributed by atoms with van der Waals surface area (Å²) in [6.45, 7) is 8.94. The molecule has 102 valence electrons. The number of hydrogen-bond acceptors (Lipinski definition) is 2. The first-order valence-electron chi connectivity index (χ1n) is 7.02. The van der Waals surface area contributed by atoms with Crippen LogP contribution in [0.15, 0.2) is 0 Å². The lowest BCUT2D eigenvalue weighted by atomic mass is 9.73. The molecule has 0 aromatic heterocycles. The second kappa shape index (κ2) is 5.71. The predicted octanol–water partition coefficient (Wildman–Crippen LogP) is 3.77. The summed E-state index contributed by atoms with van der Waals surface area (Å²) in [5.74, 6) is 0.674. The lowest BCUT2D eigenvalue weighted by Crippen LogP contribution is -2.47. The fourth-order valence-corrected chi connectivity index (χ4v) is 3.00. The molecule has 0 spiro atoms. The topological polar surface area (TPSA) is 29.5 Å². The van der Waals surface area contributed by atoms with Crippen molar-refractivity contribution in [2.75, 3.05) is 7.11 Å². The van der Waals surface area contributed by atoms with Gasteiger partial charge in [0.1, 0.15) is 0 Å². The van der Waals surface area contributed by atoms with Crippen LogP contribution in [-0.4, -0.2) is 23.9 Å². The van der Waals surface area contributed by atoms with Gasteiger partial charge >= 0.3 is 0 Å². The Morgan fingerprint density at radius 1 is 1.41 bits per heavy atom. The molecule has 1 aliphatic carbocycles. The second-order valence-electron chi connectivity index (χ2n) is 7.09. The van der Waals surface area contributed by atoms with Gasteiger partial charge < -0.3 is 9.84 Å². The molecule has 1 N–H and O–H groups in total. The van der Waals surface area contributed by atoms with Crippen LogP contribution in [-0.2, 0) is 4.74 Å². The third-order valence-corrected chi connectivity index (χ3v) is 4.17. The number of methoxy groups -OCH3 is 1. The van der Waals surface area contributed by atoms with Crippen molar-refractivity contribution in [2.24, 2.45) is 11.3 Å². The molecule has 0 aliphatic heterocycles. The Morgan fingerprint density at radius 3 is 2.53 bits per heavy atom. The maximum Gasteiger partial charge on any atom is 0.0938 e. The van der Waals surface area contributed by atoms with Gasteiger partial charge in [0, 0.05) is 7.11 Å². The smallest absolute Gasteiger partial charge is 0.0938 e. The normalized spacial score (nSPS) is 32.5. The Bertz CT molecular complexity index is 232. The Morgan fingerprint density at radius 2 is 2.06 bits per heavy atom. The largest absolute Gasteiger partial charge is 0.390 e. The van der Waals surface area contributed by atoms with E-state index >= 15 is 0 Å². The zero-order valence-electron chi connectivity index (χ0n) is 12.3. The number of rotatable bonds is 4. The van der Waals surface area contributed by atoms with Crippen molar-refractivity contribution in [3.8, 4) is 0 Å². The van der Waals surface area contributed by atoms with Crippen molar-refractivity contribution in [1.29, 1.82) is 0 Å². The van der Waals surface area contributed by atoms with Gasteiger partial charge in [0.15, 0.2) is 0 Å². The van der Waals surface area contributed by atoms with Gasteiger partial charge in [-0.05, 0) is 37.0 Å². The third-order valence-electron chi connectivity index (χ3n) is 4.17. The summed E-state index contributed by atoms with van der Waals surface area (Å²) in [7, 11) is 1.76. The lowest BCUT2D eigenvalue weighted by Gasteiger charge is -2.43. The van der Waals surface area contributed by atoms with Crippen molar-refractivity contribution >= 4 is 0 Å². The molecule has 1 fully saturated rings. The molecule has 0 aromatic rings. The van der Waals surface area contributed by atoms with Crippen molar-refractivity contribution in [2.45, 2.75) is 77.9 Å². The summed E-state index contributed by atoms with van der Waals surface area (Å²) in [6, 6.07) is 0. The average Bonchev–Trinajstić information content (AvgIpc) is 2.24. The fraction of sp³-hybridized carbons (Fsp3) is 1.00. The maximum absolute atomic E-state index is 10.5. The van der Waals surface area contributed by atoms with Crippen LogP contribution in [0.2, 0.25) is 0 Å². The molecule has 0 heterocycles. The van der Waals surface area contributed by atoms with Gasteiger partial charge in [0.05, 0.1) is 11.7 Å². The summed E-state index contributed by atoms with van der Waals surface area (Å²) in [5.41, 5.74) is 0.0130. The second-order valence-corrected chi connectivity index (χ2v) is 7.09. The Labute approximate surface area is 107 Å². The van der Waals surface area contributed by atoms with Gasteiger partial charge in [0.25, 0.3) is 0 Å². The van der Waals surface area contributed by atoms with Gasteiger partial charge in [-0.25, -0.2) is 0 Å². The first-order chi connectivity index (χ1) is 7.79. The van der Waals surface area contributed by atoms with Crippen LogP contribution in [0.1, 0.15) is 66.2 Å². The van der Waals surface area contributed by atoms with Crippen LogP contribution in [0.5, 0.6) is 0 Å². The summed E-state index contributed by atoms with van der Waals surface area (Å²) in [6.07, 6.45) is 6.07. The van der Waals surface area contributed by atoms with Crippen molar-refractivity contribution in [3.63, 3.8) is 0 Å². The molecule has 0 saturated heterocycles. The van der Waals surface area contributed by atoms with E-state index in [1.165, 1.54) is 12.8 Å². The molecule has 1 aliphatic rings. The van der Waals surface area contributed by atoms with Gasteiger partial charge in [0.2, 0.25) is 0 Å². The van der Waals surface area contributed by atoms with E-state index in [9.17, 15) is 5.11 Å². The molecule has 1 saturated carbocycles. The minimum absolute atomic E-state index is 0.275. The lowest BCUT2D eigenvalue weighted by molar-refractivity contribution is -0.135. The highest BCUT2D eigenvalue weighted by molar-refractivity contribution is 4.93. The molecule has 3 unspecified atom stereocenters. The quantitative estimate of drug-likeness (QED) is 0.813. The number of hydrogen-bond donors (Lipinski definition) is 1. The van der Waals surface area contributed by atoms with E-state index in [-0.39, 0.29) is 17.1 Å². The highest BCUT2D eigenvalue weighted by atomic mass is 16.5. The molecule has 0 radical (unpaired) electrons. The summed E-state index contributed by atoms with van der Waals surface area (Å²) < 4.78 is 5.73. The van der Waals surface area contributed by atoms with E-state index in [0.717, 1.165) is 25.7 Å². The molecule has 0 aromatic carbocycles. The SMILES string of the molecule is COC1(C(O)CCC(C)(C)C)CCCC(C)C1. The summed E-state index contributed by atoms with van der Waals surface area (Å²) >= 11 is 0. The summed E-state index contributed by atoms with van der Waals surface area (Å²) in [5, 5.41) is 10.5. The minimum atomic E-state index is -0.311. The monoisotopic (exact) mass is 242 g/mol. The third kappa shape index (κ3) is 4.26.